The van der Waals surface area contributed by atoms with Crippen molar-refractivity contribution in [3.63, 3.8) is 0 Å². The molecule has 0 spiro atoms. The minimum Gasteiger partial charge on any atom is -0.507 e. The summed E-state index contributed by atoms with van der Waals surface area (Å²) >= 11 is 1.95. The van der Waals surface area contributed by atoms with Gasteiger partial charge >= 0.3 is 0 Å². The van der Waals surface area contributed by atoms with Gasteiger partial charge in [0.2, 0.25) is 0 Å². The number of aromatic nitrogens is 1. The Bertz CT molecular complexity index is 1330. The molecular formula is C32H37FN2O5S. The number of benzene rings is 1. The van der Waals surface area contributed by atoms with Crippen LogP contribution < -0.4 is 10.1 Å². The van der Waals surface area contributed by atoms with Gasteiger partial charge in [-0.05, 0) is 92.6 Å². The molecule has 0 bridgehead atoms. The largest absolute Gasteiger partial charge is 0.507 e. The summed E-state index contributed by atoms with van der Waals surface area (Å²) in [6.45, 7) is 0. The number of hydrogen-bond donors (Lipinski definition) is 2. The van der Waals surface area contributed by atoms with Crippen molar-refractivity contribution in [2.24, 2.45) is 17.8 Å². The van der Waals surface area contributed by atoms with E-state index in [0.29, 0.717) is 49.5 Å². The number of fused-ring (bicyclic) bond motifs is 1. The van der Waals surface area contributed by atoms with Crippen LogP contribution in [0.3, 0.4) is 0 Å². The number of ketones is 2. The lowest BCUT2D eigenvalue weighted by Gasteiger charge is -2.31. The van der Waals surface area contributed by atoms with E-state index in [-0.39, 0.29) is 58.6 Å². The first-order valence-electron chi connectivity index (χ1n) is 14.5. The predicted molar refractivity (Wildman–Crippen MR) is 156 cm³/mol. The lowest BCUT2D eigenvalue weighted by Crippen LogP contribution is -2.38. The molecule has 41 heavy (non-hydrogen) atoms. The summed E-state index contributed by atoms with van der Waals surface area (Å²) in [5, 5.41) is 13.2. The molecule has 218 valence electrons. The number of allylic oxidation sites excluding steroid dienone is 2. The van der Waals surface area contributed by atoms with Gasteiger partial charge in [0, 0.05) is 36.4 Å². The van der Waals surface area contributed by atoms with Gasteiger partial charge in [0.1, 0.15) is 23.1 Å². The summed E-state index contributed by atoms with van der Waals surface area (Å²) in [7, 11) is 1.49. The molecule has 1 aromatic carbocycles. The highest BCUT2D eigenvalue weighted by Gasteiger charge is 2.32. The number of amides is 1. The van der Waals surface area contributed by atoms with Gasteiger partial charge in [0.05, 0.1) is 24.6 Å². The summed E-state index contributed by atoms with van der Waals surface area (Å²) in [6.07, 6.45) is 9.01. The molecule has 1 aliphatic heterocycles. The van der Waals surface area contributed by atoms with Crippen LogP contribution >= 0.6 is 11.8 Å². The Kier molecular flexibility index (Phi) is 9.42. The molecule has 1 unspecified atom stereocenters. The summed E-state index contributed by atoms with van der Waals surface area (Å²) in [6, 6.07) is 5.74. The number of halogens is 1. The first kappa shape index (κ1) is 29.3. The number of pyridine rings is 1. The average Bonchev–Trinajstić information content (AvgIpc) is 3.02. The maximum absolute atomic E-state index is 14.2. The van der Waals surface area contributed by atoms with E-state index in [4.69, 9.17) is 4.74 Å². The van der Waals surface area contributed by atoms with Crippen molar-refractivity contribution in [3.05, 3.63) is 64.7 Å². The number of nitrogens with zero attached hydrogens (tertiary/aromatic N) is 1. The number of aromatic hydroxyl groups is 1. The van der Waals surface area contributed by atoms with Crippen molar-refractivity contribution in [3.8, 4) is 11.5 Å². The molecule has 7 nitrogen and oxygen atoms in total. The third kappa shape index (κ3) is 7.18. The molecule has 9 heteroatoms. The van der Waals surface area contributed by atoms with Crippen molar-refractivity contribution in [1.82, 2.24) is 10.3 Å². The monoisotopic (exact) mass is 580 g/mol. The van der Waals surface area contributed by atoms with Crippen molar-refractivity contribution in [2.75, 3.05) is 18.6 Å². The zero-order valence-corrected chi connectivity index (χ0v) is 24.2. The minimum atomic E-state index is -0.558. The van der Waals surface area contributed by atoms with Crippen LogP contribution in [-0.2, 0) is 11.2 Å². The first-order chi connectivity index (χ1) is 19.8. The highest BCUT2D eigenvalue weighted by atomic mass is 32.2. The smallest absolute Gasteiger partial charge is 0.255 e. The van der Waals surface area contributed by atoms with Crippen molar-refractivity contribution >= 4 is 29.2 Å². The van der Waals surface area contributed by atoms with Crippen LogP contribution in [0.25, 0.3) is 0 Å². The maximum atomic E-state index is 14.2. The molecule has 1 atom stereocenters. The normalized spacial score (nSPS) is 25.2. The lowest BCUT2D eigenvalue weighted by atomic mass is 9.77. The Morgan fingerprint density at radius 2 is 1.88 bits per heavy atom. The number of phenolic OH excluding ortho intramolecular Hbond substituents is 1. The second-order valence-corrected chi connectivity index (χ2v) is 12.7. The molecule has 1 aromatic heterocycles. The Balaban J connectivity index is 1.30. The molecule has 2 heterocycles. The molecular weight excluding hydrogens is 543 g/mol. The first-order valence-corrected chi connectivity index (χ1v) is 15.6. The van der Waals surface area contributed by atoms with Gasteiger partial charge in [0.15, 0.2) is 5.78 Å². The minimum absolute atomic E-state index is 0.0280. The van der Waals surface area contributed by atoms with Gasteiger partial charge in [0.25, 0.3) is 5.91 Å². The Morgan fingerprint density at radius 3 is 2.59 bits per heavy atom. The highest BCUT2D eigenvalue weighted by molar-refractivity contribution is 7.99. The van der Waals surface area contributed by atoms with Crippen LogP contribution in [0.2, 0.25) is 0 Å². The second kappa shape index (κ2) is 13.2. The molecule has 1 saturated heterocycles. The van der Waals surface area contributed by atoms with Gasteiger partial charge in [-0.25, -0.2) is 4.39 Å². The van der Waals surface area contributed by atoms with Crippen LogP contribution in [0.5, 0.6) is 11.5 Å². The molecule has 3 aliphatic rings. The van der Waals surface area contributed by atoms with Crippen LogP contribution in [0, 0.1) is 23.6 Å². The Labute approximate surface area is 244 Å². The highest BCUT2D eigenvalue weighted by Crippen LogP contribution is 2.36. The number of carbonyl (C=O) groups is 3. The summed E-state index contributed by atoms with van der Waals surface area (Å²) in [5.74, 6) is 1.71. The zero-order chi connectivity index (χ0) is 28.9. The van der Waals surface area contributed by atoms with Crippen LogP contribution in [-0.4, -0.2) is 52.2 Å². The Hall–Kier alpha value is -3.20. The lowest BCUT2D eigenvalue weighted by molar-refractivity contribution is -0.122. The molecule has 1 saturated carbocycles. The van der Waals surface area contributed by atoms with E-state index in [1.54, 1.807) is 12.1 Å². The number of methoxy groups -OCH3 is 1. The molecule has 2 N–H and O–H groups in total. The molecule has 2 fully saturated rings. The van der Waals surface area contributed by atoms with Gasteiger partial charge < -0.3 is 15.2 Å². The molecule has 0 radical (unpaired) electrons. The predicted octanol–water partition coefficient (Wildman–Crippen LogP) is 5.70. The number of phenols is 1. The van der Waals surface area contributed by atoms with E-state index in [1.807, 2.05) is 11.8 Å². The maximum Gasteiger partial charge on any atom is 0.255 e. The zero-order valence-electron chi connectivity index (χ0n) is 23.4. The van der Waals surface area contributed by atoms with E-state index in [2.05, 4.69) is 10.3 Å². The second-order valence-electron chi connectivity index (χ2n) is 11.5. The van der Waals surface area contributed by atoms with E-state index in [0.717, 1.165) is 42.5 Å². The van der Waals surface area contributed by atoms with Crippen molar-refractivity contribution < 1.29 is 28.6 Å². The average molecular weight is 581 g/mol. The SMILES string of the molecule is COc1ccc(C(=O)NC2CCC(/C3=C\C(=O)c4cc(F)cnc4CC(CC4CCSCC4)C(=O)C3)CC2)c(O)c1. The summed E-state index contributed by atoms with van der Waals surface area (Å²) < 4.78 is 19.3. The van der Waals surface area contributed by atoms with Gasteiger partial charge in [-0.3, -0.25) is 19.4 Å². The number of hydrogen-bond acceptors (Lipinski definition) is 7. The van der Waals surface area contributed by atoms with Crippen LogP contribution in [0.4, 0.5) is 4.39 Å². The topological polar surface area (TPSA) is 106 Å². The van der Waals surface area contributed by atoms with Crippen molar-refractivity contribution in [2.45, 2.75) is 63.8 Å². The fraction of sp³-hybridized carbons (Fsp3) is 0.500. The molecule has 5 rings (SSSR count). The van der Waals surface area contributed by atoms with Crippen LogP contribution in [0.1, 0.15) is 77.8 Å². The third-order valence-corrected chi connectivity index (χ3v) is 9.84. The number of ether oxygens (including phenoxy) is 1. The molecule has 2 aromatic rings. The summed E-state index contributed by atoms with van der Waals surface area (Å²) in [4.78, 5) is 44.2. The number of carbonyl (C=O) groups excluding carboxylic acids is 3. The molecule has 1 amide bonds. The molecule has 2 aliphatic carbocycles. The van der Waals surface area contributed by atoms with Crippen LogP contribution in [0.15, 0.2) is 42.1 Å². The van der Waals surface area contributed by atoms with E-state index < -0.39 is 5.82 Å². The Morgan fingerprint density at radius 1 is 1.12 bits per heavy atom. The number of thioether (sulfide) groups is 1. The van der Waals surface area contributed by atoms with Gasteiger partial charge in [-0.1, -0.05) is 5.57 Å². The quantitative estimate of drug-likeness (QED) is 0.452. The van der Waals surface area contributed by atoms with Crippen molar-refractivity contribution in [1.29, 1.82) is 0 Å². The van der Waals surface area contributed by atoms with E-state index in [1.165, 1.54) is 25.3 Å². The third-order valence-electron chi connectivity index (χ3n) is 8.79. The fourth-order valence-electron chi connectivity index (χ4n) is 6.40. The summed E-state index contributed by atoms with van der Waals surface area (Å²) in [5.41, 5.74) is 1.75. The fourth-order valence-corrected chi connectivity index (χ4v) is 7.60. The number of rotatable bonds is 6. The number of Topliss-reactive ketones (excluding diaryl/α,β-unsaturated/α-hetero) is 1. The van der Waals surface area contributed by atoms with Gasteiger partial charge in [-0.2, -0.15) is 11.8 Å². The van der Waals surface area contributed by atoms with E-state index in [9.17, 15) is 23.9 Å². The standard InChI is InChI=1S/C32H37FN2O5S/c1-40-25-6-7-26(31(38)17-25)32(39)35-24-4-2-20(3-5-24)21-14-29(36)22(12-19-8-10-41-11-9-19)13-28-27(30(37)15-21)16-23(33)18-34-28/h6-7,15-20,22,24,38H,2-5,8-14H2,1H3,(H,35,39)/b21-15-. The number of nitrogens with one attached hydrogen (secondary N) is 1. The van der Waals surface area contributed by atoms with Gasteiger partial charge in [-0.15, -0.1) is 0 Å². The van der Waals surface area contributed by atoms with E-state index >= 15 is 0 Å².